The van der Waals surface area contributed by atoms with Crippen molar-refractivity contribution >= 4 is 8.73 Å². The van der Waals surface area contributed by atoms with Crippen LogP contribution in [0.2, 0.25) is 18.6 Å². The zero-order valence-electron chi connectivity index (χ0n) is 4.62. The Labute approximate surface area is 36.0 Å². The van der Waals surface area contributed by atoms with Gasteiger partial charge >= 0.3 is 0 Å². The predicted molar refractivity (Wildman–Crippen MR) is 27.2 cm³/mol. The second-order valence-corrected chi connectivity index (χ2v) is 4.72. The Morgan fingerprint density at radius 3 is 2.20 bits per heavy atom. The van der Waals surface area contributed by atoms with Crippen LogP contribution in [-0.2, 0) is 0 Å². The fraction of sp³-hybridized carbons (Fsp3) is 1.00. The van der Waals surface area contributed by atoms with Crippen LogP contribution in [0.15, 0.2) is 0 Å². The summed E-state index contributed by atoms with van der Waals surface area (Å²) in [6.07, 6.45) is 1.34. The molecule has 0 N–H and O–H groups in total. The van der Waals surface area contributed by atoms with Crippen LogP contribution in [0.4, 0.5) is 0 Å². The Bertz CT molecular complexity index is 54.6. The second kappa shape index (κ2) is 1.13. The van der Waals surface area contributed by atoms with Crippen LogP contribution in [-0.4, -0.2) is 9.96 Å². The summed E-state index contributed by atoms with van der Waals surface area (Å²) in [5, 5.41) is 0. The SMILES string of the molecule is [2H][Si]1(C)CCC1. The van der Waals surface area contributed by atoms with Gasteiger partial charge in [-0.2, -0.15) is 0 Å². The molecule has 0 spiro atoms. The topological polar surface area (TPSA) is 0 Å². The Hall–Kier alpha value is 0.217. The maximum absolute atomic E-state index is 7.41. The van der Waals surface area contributed by atoms with Gasteiger partial charge in [-0.15, -0.1) is 0 Å². The van der Waals surface area contributed by atoms with Crippen LogP contribution in [0.1, 0.15) is 6.42 Å². The monoisotopic (exact) mass is 87.1 g/mol. The minimum absolute atomic E-state index is 1.20. The molecule has 0 aromatic heterocycles. The van der Waals surface area contributed by atoms with Gasteiger partial charge in [0, 0.05) is 9.96 Å². The highest BCUT2D eigenvalue weighted by Gasteiger charge is 2.11. The molecular weight excluding hydrogens is 76.1 g/mol. The molecule has 1 saturated heterocycles. The van der Waals surface area contributed by atoms with E-state index in [1.54, 1.807) is 0 Å². The quantitative estimate of drug-likeness (QED) is 0.390. The summed E-state index contributed by atoms with van der Waals surface area (Å²) in [4.78, 5) is 0. The van der Waals surface area contributed by atoms with E-state index in [2.05, 4.69) is 6.55 Å². The minimum atomic E-state index is -1.20. The summed E-state index contributed by atoms with van der Waals surface area (Å²) in [7, 11) is -1.20. The first-order valence-electron chi connectivity index (χ1n) is 2.71. The van der Waals surface area contributed by atoms with E-state index in [0.29, 0.717) is 0 Å². The number of hydrogen-bond donors (Lipinski definition) is 0. The van der Waals surface area contributed by atoms with E-state index in [0.717, 1.165) is 0 Å². The van der Waals surface area contributed by atoms with Crippen LogP contribution in [0, 0.1) is 0 Å². The lowest BCUT2D eigenvalue weighted by Gasteiger charge is -2.17. The van der Waals surface area contributed by atoms with Gasteiger partial charge < -0.3 is 0 Å². The Kier molecular flexibility index (Phi) is 0.542. The third kappa shape index (κ3) is 0.536. The zero-order valence-corrected chi connectivity index (χ0v) is 4.62. The van der Waals surface area contributed by atoms with Gasteiger partial charge in [-0.05, 0) is 0 Å². The maximum Gasteiger partial charge on any atom is 0.0336 e. The first kappa shape index (κ1) is 2.40. The molecule has 1 fully saturated rings. The summed E-state index contributed by atoms with van der Waals surface area (Å²) >= 11 is 0. The van der Waals surface area contributed by atoms with Crippen molar-refractivity contribution in [2.45, 2.75) is 25.1 Å². The van der Waals surface area contributed by atoms with E-state index in [1.807, 2.05) is 0 Å². The van der Waals surface area contributed by atoms with Crippen molar-refractivity contribution in [3.8, 4) is 0 Å². The van der Waals surface area contributed by atoms with Crippen LogP contribution < -0.4 is 0 Å². The summed E-state index contributed by atoms with van der Waals surface area (Å²) in [6, 6.07) is 2.51. The molecule has 1 rings (SSSR count). The van der Waals surface area contributed by atoms with Crippen molar-refractivity contribution in [1.82, 2.24) is 0 Å². The largest absolute Gasteiger partial charge is 0.0720 e. The van der Waals surface area contributed by atoms with Gasteiger partial charge in [0.05, 0.1) is 0 Å². The van der Waals surface area contributed by atoms with Gasteiger partial charge in [0.1, 0.15) is 0 Å². The van der Waals surface area contributed by atoms with Crippen molar-refractivity contribution in [3.63, 3.8) is 0 Å². The molecule has 0 amide bonds. The fourth-order valence-electron chi connectivity index (χ4n) is 0.530. The standard InChI is InChI=1S/C4H10Si/c1-5-3-2-4-5/h5H,2-4H2,1H3/i5D. The van der Waals surface area contributed by atoms with Crippen molar-refractivity contribution < 1.29 is 0 Å². The molecule has 1 aliphatic heterocycles. The fourth-order valence-corrected chi connectivity index (χ4v) is 1.59. The van der Waals surface area contributed by atoms with E-state index in [9.17, 15) is 0 Å². The van der Waals surface area contributed by atoms with Gasteiger partial charge in [0.25, 0.3) is 0 Å². The van der Waals surface area contributed by atoms with Gasteiger partial charge in [-0.3, -0.25) is 0 Å². The molecular formula is C4H10Si. The molecule has 0 nitrogen and oxygen atoms in total. The van der Waals surface area contributed by atoms with E-state index < -0.39 is 8.73 Å². The third-order valence-electron chi connectivity index (χ3n) is 1.21. The zero-order chi connectivity index (χ0) is 4.62. The van der Waals surface area contributed by atoms with Crippen LogP contribution in [0.25, 0.3) is 0 Å². The Morgan fingerprint density at radius 2 is 2.20 bits per heavy atom. The molecule has 0 aliphatic carbocycles. The minimum Gasteiger partial charge on any atom is -0.0720 e. The Morgan fingerprint density at radius 1 is 1.80 bits per heavy atom. The molecule has 0 unspecified atom stereocenters. The average molecular weight is 87.2 g/mol. The maximum atomic E-state index is 7.41. The van der Waals surface area contributed by atoms with Gasteiger partial charge in [-0.1, -0.05) is 25.1 Å². The molecule has 30 valence electrons. The normalized spacial score (nSPS) is 35.0. The summed E-state index contributed by atoms with van der Waals surface area (Å²) < 4.78 is 7.41. The molecule has 0 aromatic carbocycles. The lowest BCUT2D eigenvalue weighted by atomic mass is 10.5. The predicted octanol–water partition coefficient (Wildman–Crippen LogP) is 1.25. The molecule has 1 heterocycles. The van der Waals surface area contributed by atoms with Crippen molar-refractivity contribution in [1.29, 1.82) is 1.23 Å². The summed E-state index contributed by atoms with van der Waals surface area (Å²) in [5.74, 6) is 0. The molecule has 0 aromatic rings. The lowest BCUT2D eigenvalue weighted by Crippen LogP contribution is -2.15. The van der Waals surface area contributed by atoms with E-state index in [1.165, 1.54) is 18.5 Å². The average Bonchev–Trinajstić information content (AvgIpc) is 1.32. The van der Waals surface area contributed by atoms with Crippen molar-refractivity contribution in [3.05, 3.63) is 0 Å². The van der Waals surface area contributed by atoms with Gasteiger partial charge in [0.15, 0.2) is 0 Å². The van der Waals surface area contributed by atoms with E-state index in [-0.39, 0.29) is 0 Å². The highest BCUT2D eigenvalue weighted by atomic mass is 28.3. The van der Waals surface area contributed by atoms with Crippen LogP contribution in [0.5, 0.6) is 0 Å². The highest BCUT2D eigenvalue weighted by molar-refractivity contribution is 6.60. The van der Waals surface area contributed by atoms with Crippen molar-refractivity contribution in [2.75, 3.05) is 0 Å². The van der Waals surface area contributed by atoms with E-state index in [4.69, 9.17) is 1.23 Å². The third-order valence-corrected chi connectivity index (χ3v) is 3.62. The van der Waals surface area contributed by atoms with Gasteiger partial charge in [0.2, 0.25) is 0 Å². The molecule has 1 aliphatic rings. The molecule has 0 radical (unpaired) electrons. The second-order valence-electron chi connectivity index (χ2n) is 1.81. The highest BCUT2D eigenvalue weighted by Crippen LogP contribution is 2.18. The first-order valence-corrected chi connectivity index (χ1v) is 4.62. The van der Waals surface area contributed by atoms with E-state index >= 15 is 0 Å². The number of rotatable bonds is 0. The van der Waals surface area contributed by atoms with Crippen LogP contribution in [0.3, 0.4) is 0 Å². The Balaban J connectivity index is 2.31. The smallest absolute Gasteiger partial charge is 0.0336 e. The van der Waals surface area contributed by atoms with Crippen LogP contribution >= 0.6 is 0 Å². The summed E-state index contributed by atoms with van der Waals surface area (Å²) in [6.45, 7) is 2.14. The van der Waals surface area contributed by atoms with Gasteiger partial charge in [-0.25, -0.2) is 0 Å². The molecule has 5 heavy (non-hydrogen) atoms. The first-order chi connectivity index (χ1) is 2.71. The molecule has 1 heteroatoms. The van der Waals surface area contributed by atoms with Crippen molar-refractivity contribution in [2.24, 2.45) is 0 Å². The molecule has 0 atom stereocenters. The number of hydrogen-bond acceptors (Lipinski definition) is 0. The summed E-state index contributed by atoms with van der Waals surface area (Å²) in [5.41, 5.74) is 0. The molecule has 0 saturated carbocycles. The lowest BCUT2D eigenvalue weighted by molar-refractivity contribution is 0.942. The molecule has 0 bridgehead atoms.